The van der Waals surface area contributed by atoms with Gasteiger partial charge in [-0.2, -0.15) is 13.2 Å². The quantitative estimate of drug-likeness (QED) is 0.799. The summed E-state index contributed by atoms with van der Waals surface area (Å²) in [6, 6.07) is 5.98. The summed E-state index contributed by atoms with van der Waals surface area (Å²) in [6.45, 7) is 2.56. The summed E-state index contributed by atoms with van der Waals surface area (Å²) in [6.07, 6.45) is -1.63. The zero-order valence-electron chi connectivity index (χ0n) is 14.6. The highest BCUT2D eigenvalue weighted by Gasteiger charge is 2.40. The van der Waals surface area contributed by atoms with Crippen LogP contribution in [0.4, 0.5) is 19.0 Å². The van der Waals surface area contributed by atoms with Crippen molar-refractivity contribution in [2.24, 2.45) is 0 Å². The first-order valence-electron chi connectivity index (χ1n) is 8.80. The summed E-state index contributed by atoms with van der Waals surface area (Å²) in [5.41, 5.74) is -1.06. The molecule has 0 bridgehead atoms. The first-order chi connectivity index (χ1) is 13.0. The summed E-state index contributed by atoms with van der Waals surface area (Å²) >= 11 is 0. The van der Waals surface area contributed by atoms with Crippen molar-refractivity contribution in [1.29, 1.82) is 0 Å². The Morgan fingerprint density at radius 1 is 1.07 bits per heavy atom. The Bertz CT molecular complexity index is 789. The minimum absolute atomic E-state index is 0.0343. The number of hydrogen-bond donors (Lipinski definition) is 0. The molecule has 2 aromatic heterocycles. The fraction of sp³-hybridized carbons (Fsp3) is 0.500. The van der Waals surface area contributed by atoms with Gasteiger partial charge in [0.1, 0.15) is 11.5 Å². The molecule has 2 aromatic rings. The monoisotopic (exact) mass is 380 g/mol. The highest BCUT2D eigenvalue weighted by Crippen LogP contribution is 2.34. The Balaban J connectivity index is 1.71. The van der Waals surface area contributed by atoms with Crippen LogP contribution < -0.4 is 4.90 Å². The molecule has 144 valence electrons. The van der Waals surface area contributed by atoms with E-state index in [4.69, 9.17) is 9.47 Å². The van der Waals surface area contributed by atoms with Crippen molar-refractivity contribution in [3.8, 4) is 11.5 Å². The topological polar surface area (TPSA) is 60.4 Å². The van der Waals surface area contributed by atoms with Crippen LogP contribution in [0.5, 0.6) is 0 Å². The van der Waals surface area contributed by atoms with E-state index < -0.39 is 17.5 Å². The second-order valence-corrected chi connectivity index (χ2v) is 6.71. The number of anilines is 1. The predicted molar refractivity (Wildman–Crippen MR) is 91.2 cm³/mol. The van der Waals surface area contributed by atoms with E-state index in [1.54, 1.807) is 18.2 Å². The van der Waals surface area contributed by atoms with E-state index in [1.807, 2.05) is 4.90 Å². The maximum atomic E-state index is 13.4. The first-order valence-corrected chi connectivity index (χ1v) is 8.80. The Kier molecular flexibility index (Phi) is 4.73. The molecule has 1 spiro atoms. The SMILES string of the molecule is FC(F)(F)c1cc(N2CCOC3(CCOCC3)C2)nc(-c2ccccn2)n1. The van der Waals surface area contributed by atoms with Gasteiger partial charge in [0, 0.05) is 51.4 Å². The smallest absolute Gasteiger partial charge is 0.381 e. The van der Waals surface area contributed by atoms with Crippen LogP contribution in [0, 0.1) is 0 Å². The zero-order chi connectivity index (χ0) is 18.9. The third kappa shape index (κ3) is 3.89. The maximum Gasteiger partial charge on any atom is 0.433 e. The lowest BCUT2D eigenvalue weighted by atomic mass is 9.92. The normalized spacial score (nSPS) is 20.0. The number of aromatic nitrogens is 3. The van der Waals surface area contributed by atoms with Crippen molar-refractivity contribution in [2.75, 3.05) is 37.8 Å². The molecule has 0 N–H and O–H groups in total. The minimum Gasteiger partial charge on any atom is -0.381 e. The van der Waals surface area contributed by atoms with Gasteiger partial charge in [-0.25, -0.2) is 9.97 Å². The molecule has 0 aliphatic carbocycles. The Labute approximate surface area is 154 Å². The maximum absolute atomic E-state index is 13.4. The number of rotatable bonds is 2. The second-order valence-electron chi connectivity index (χ2n) is 6.71. The van der Waals surface area contributed by atoms with Crippen LogP contribution in [0.1, 0.15) is 18.5 Å². The van der Waals surface area contributed by atoms with Gasteiger partial charge in [-0.3, -0.25) is 4.98 Å². The van der Waals surface area contributed by atoms with E-state index >= 15 is 0 Å². The van der Waals surface area contributed by atoms with Gasteiger partial charge in [-0.05, 0) is 12.1 Å². The Hall–Kier alpha value is -2.26. The first kappa shape index (κ1) is 18.1. The lowest BCUT2D eigenvalue weighted by Crippen LogP contribution is -2.54. The van der Waals surface area contributed by atoms with Crippen LogP contribution in [0.3, 0.4) is 0 Å². The fourth-order valence-electron chi connectivity index (χ4n) is 3.44. The molecule has 2 saturated heterocycles. The summed E-state index contributed by atoms with van der Waals surface area (Å²) in [5.74, 6) is 0.208. The molecule has 0 unspecified atom stereocenters. The molecular formula is C18H19F3N4O2. The Morgan fingerprint density at radius 2 is 1.89 bits per heavy atom. The third-order valence-corrected chi connectivity index (χ3v) is 4.87. The van der Waals surface area contributed by atoms with E-state index in [0.717, 1.165) is 6.07 Å². The van der Waals surface area contributed by atoms with Crippen molar-refractivity contribution in [1.82, 2.24) is 15.0 Å². The van der Waals surface area contributed by atoms with Crippen molar-refractivity contribution in [2.45, 2.75) is 24.6 Å². The van der Waals surface area contributed by atoms with Crippen molar-refractivity contribution >= 4 is 5.82 Å². The highest BCUT2D eigenvalue weighted by atomic mass is 19.4. The molecule has 0 atom stereocenters. The number of hydrogen-bond acceptors (Lipinski definition) is 6. The number of alkyl halides is 3. The fourth-order valence-corrected chi connectivity index (χ4v) is 3.44. The molecule has 9 heteroatoms. The number of halogens is 3. The zero-order valence-corrected chi connectivity index (χ0v) is 14.6. The van der Waals surface area contributed by atoms with Crippen LogP contribution >= 0.6 is 0 Å². The van der Waals surface area contributed by atoms with Gasteiger partial charge in [0.2, 0.25) is 0 Å². The van der Waals surface area contributed by atoms with E-state index in [9.17, 15) is 13.2 Å². The molecule has 2 aliphatic rings. The van der Waals surface area contributed by atoms with Crippen LogP contribution in [0.25, 0.3) is 11.5 Å². The van der Waals surface area contributed by atoms with E-state index in [0.29, 0.717) is 51.4 Å². The van der Waals surface area contributed by atoms with Gasteiger partial charge in [0.15, 0.2) is 11.5 Å². The largest absolute Gasteiger partial charge is 0.433 e. The van der Waals surface area contributed by atoms with E-state index in [2.05, 4.69) is 15.0 Å². The average molecular weight is 380 g/mol. The molecule has 0 amide bonds. The standard InChI is InChI=1S/C18H19F3N4O2/c19-18(20,21)14-11-15(24-16(23-14)13-3-1-2-6-22-13)25-7-10-27-17(12-25)4-8-26-9-5-17/h1-3,6,11H,4-5,7-10,12H2. The predicted octanol–water partition coefficient (Wildman–Crippen LogP) is 2.94. The third-order valence-electron chi connectivity index (χ3n) is 4.87. The molecule has 4 heterocycles. The molecule has 0 saturated carbocycles. The molecule has 2 fully saturated rings. The highest BCUT2D eigenvalue weighted by molar-refractivity contribution is 5.54. The molecule has 27 heavy (non-hydrogen) atoms. The number of morpholine rings is 1. The number of nitrogens with zero attached hydrogens (tertiary/aromatic N) is 4. The minimum atomic E-state index is -4.57. The van der Waals surface area contributed by atoms with Gasteiger partial charge < -0.3 is 14.4 Å². The summed E-state index contributed by atoms with van der Waals surface area (Å²) in [4.78, 5) is 14.0. The summed E-state index contributed by atoms with van der Waals surface area (Å²) < 4.78 is 51.6. The molecule has 6 nitrogen and oxygen atoms in total. The molecule has 4 rings (SSSR count). The number of ether oxygens (including phenoxy) is 2. The van der Waals surface area contributed by atoms with Crippen molar-refractivity contribution in [3.63, 3.8) is 0 Å². The molecule has 2 aliphatic heterocycles. The lowest BCUT2D eigenvalue weighted by molar-refractivity contribution is -0.141. The van der Waals surface area contributed by atoms with Crippen molar-refractivity contribution < 1.29 is 22.6 Å². The van der Waals surface area contributed by atoms with Gasteiger partial charge in [-0.1, -0.05) is 6.07 Å². The van der Waals surface area contributed by atoms with Crippen molar-refractivity contribution in [3.05, 3.63) is 36.2 Å². The molecule has 0 aromatic carbocycles. The Morgan fingerprint density at radius 3 is 2.59 bits per heavy atom. The second kappa shape index (κ2) is 7.05. The molecule has 0 radical (unpaired) electrons. The van der Waals surface area contributed by atoms with E-state index in [-0.39, 0.29) is 11.6 Å². The van der Waals surface area contributed by atoms with Gasteiger partial charge in [-0.15, -0.1) is 0 Å². The molecular weight excluding hydrogens is 361 g/mol. The van der Waals surface area contributed by atoms with Crippen LogP contribution in [0.15, 0.2) is 30.5 Å². The van der Waals surface area contributed by atoms with E-state index in [1.165, 1.54) is 6.20 Å². The summed E-state index contributed by atoms with van der Waals surface area (Å²) in [7, 11) is 0. The van der Waals surface area contributed by atoms with Crippen LogP contribution in [-0.2, 0) is 15.7 Å². The van der Waals surface area contributed by atoms with Crippen LogP contribution in [0.2, 0.25) is 0 Å². The van der Waals surface area contributed by atoms with Crippen LogP contribution in [-0.4, -0.2) is 53.5 Å². The van der Waals surface area contributed by atoms with Gasteiger partial charge in [0.25, 0.3) is 0 Å². The summed E-state index contributed by atoms with van der Waals surface area (Å²) in [5, 5.41) is 0. The number of pyridine rings is 1. The lowest BCUT2D eigenvalue weighted by Gasteiger charge is -2.45. The van der Waals surface area contributed by atoms with Gasteiger partial charge in [0.05, 0.1) is 12.2 Å². The van der Waals surface area contributed by atoms with Gasteiger partial charge >= 0.3 is 6.18 Å². The average Bonchev–Trinajstić information content (AvgIpc) is 2.68.